The van der Waals surface area contributed by atoms with Crippen molar-refractivity contribution < 1.29 is 5.11 Å². The van der Waals surface area contributed by atoms with Crippen LogP contribution in [-0.2, 0) is 6.54 Å². The average Bonchev–Trinajstić information content (AvgIpc) is 3.08. The maximum absolute atomic E-state index is 9.40. The lowest BCUT2D eigenvalue weighted by Gasteiger charge is -2.17. The molecule has 118 valence electrons. The SMILES string of the molecule is CN1c2ccccc2SC1N=c1sc2ccccc2n1CCO. The Balaban J connectivity index is 1.80. The molecule has 0 aliphatic carbocycles. The summed E-state index contributed by atoms with van der Waals surface area (Å²) >= 11 is 3.44. The highest BCUT2D eigenvalue weighted by atomic mass is 32.2. The highest BCUT2D eigenvalue weighted by Gasteiger charge is 2.26. The van der Waals surface area contributed by atoms with Crippen LogP contribution in [0.15, 0.2) is 58.4 Å². The van der Waals surface area contributed by atoms with Crippen LogP contribution in [-0.4, -0.2) is 28.8 Å². The van der Waals surface area contributed by atoms with Crippen LogP contribution in [0, 0.1) is 0 Å². The van der Waals surface area contributed by atoms with Crippen LogP contribution in [0.1, 0.15) is 0 Å². The third-order valence-electron chi connectivity index (χ3n) is 3.94. The molecule has 0 bridgehead atoms. The molecule has 2 heterocycles. The second-order valence-corrected chi connectivity index (χ2v) is 7.49. The van der Waals surface area contributed by atoms with E-state index in [1.807, 2.05) is 12.1 Å². The Bertz CT molecular complexity index is 915. The minimum absolute atomic E-state index is 0.0328. The fourth-order valence-electron chi connectivity index (χ4n) is 2.80. The number of fused-ring (bicyclic) bond motifs is 2. The smallest absolute Gasteiger partial charge is 0.188 e. The van der Waals surface area contributed by atoms with Crippen molar-refractivity contribution in [2.45, 2.75) is 16.9 Å². The van der Waals surface area contributed by atoms with E-state index in [0.717, 1.165) is 10.3 Å². The van der Waals surface area contributed by atoms with Gasteiger partial charge in [-0.2, -0.15) is 0 Å². The van der Waals surface area contributed by atoms with Gasteiger partial charge < -0.3 is 14.6 Å². The molecule has 1 aliphatic rings. The topological polar surface area (TPSA) is 40.8 Å². The molecule has 0 saturated carbocycles. The monoisotopic (exact) mass is 343 g/mol. The third-order valence-corrected chi connectivity index (χ3v) is 6.25. The Morgan fingerprint density at radius 1 is 1.13 bits per heavy atom. The van der Waals surface area contributed by atoms with E-state index in [0.29, 0.717) is 6.54 Å². The van der Waals surface area contributed by atoms with Crippen LogP contribution in [0.5, 0.6) is 0 Å². The molecule has 0 amide bonds. The fraction of sp³-hybridized carbons (Fsp3) is 0.235. The van der Waals surface area contributed by atoms with E-state index in [-0.39, 0.29) is 12.1 Å². The number of hydrogen-bond acceptors (Lipinski definition) is 5. The van der Waals surface area contributed by atoms with Gasteiger partial charge in [0.2, 0.25) is 0 Å². The molecule has 0 fully saturated rings. The van der Waals surface area contributed by atoms with Gasteiger partial charge in [-0.1, -0.05) is 47.4 Å². The molecule has 23 heavy (non-hydrogen) atoms. The summed E-state index contributed by atoms with van der Waals surface area (Å²) in [6.45, 7) is 0.679. The summed E-state index contributed by atoms with van der Waals surface area (Å²) in [6, 6.07) is 16.6. The van der Waals surface area contributed by atoms with Crippen LogP contribution >= 0.6 is 23.1 Å². The minimum Gasteiger partial charge on any atom is -0.395 e. The van der Waals surface area contributed by atoms with Crippen molar-refractivity contribution in [1.82, 2.24) is 4.57 Å². The van der Waals surface area contributed by atoms with Crippen molar-refractivity contribution in [3.8, 4) is 0 Å². The molecule has 1 aliphatic heterocycles. The molecule has 0 spiro atoms. The number of thioether (sulfide) groups is 1. The standard InChI is InChI=1S/C17H17N3OS2/c1-19-12-6-2-4-8-14(12)22-16(19)18-17-20(10-11-21)13-7-3-5-9-15(13)23-17/h2-9,16,21H,10-11H2,1H3. The van der Waals surface area contributed by atoms with Gasteiger partial charge in [-0.25, -0.2) is 4.99 Å². The number of benzene rings is 2. The van der Waals surface area contributed by atoms with Crippen molar-refractivity contribution in [2.24, 2.45) is 4.99 Å². The summed E-state index contributed by atoms with van der Waals surface area (Å²) in [5, 5.41) is 9.40. The van der Waals surface area contributed by atoms with Crippen molar-refractivity contribution in [1.29, 1.82) is 0 Å². The van der Waals surface area contributed by atoms with Crippen molar-refractivity contribution in [3.05, 3.63) is 53.3 Å². The first kappa shape index (κ1) is 14.8. The van der Waals surface area contributed by atoms with Crippen LogP contribution < -0.4 is 9.70 Å². The number of rotatable bonds is 3. The van der Waals surface area contributed by atoms with Gasteiger partial charge in [0.05, 0.1) is 22.5 Å². The van der Waals surface area contributed by atoms with Gasteiger partial charge in [-0.05, 0) is 24.3 Å². The Kier molecular flexibility index (Phi) is 3.88. The molecule has 1 unspecified atom stereocenters. The number of aliphatic hydroxyl groups excluding tert-OH is 1. The molecule has 4 nitrogen and oxygen atoms in total. The molecule has 1 atom stereocenters. The van der Waals surface area contributed by atoms with Crippen molar-refractivity contribution in [2.75, 3.05) is 18.6 Å². The molecule has 3 aromatic rings. The minimum atomic E-state index is 0.0328. The van der Waals surface area contributed by atoms with Gasteiger partial charge in [-0.3, -0.25) is 0 Å². The van der Waals surface area contributed by atoms with Gasteiger partial charge in [0.15, 0.2) is 10.3 Å². The lowest BCUT2D eigenvalue weighted by atomic mass is 10.3. The number of aliphatic hydroxyl groups is 1. The van der Waals surface area contributed by atoms with Crippen molar-refractivity contribution in [3.63, 3.8) is 0 Å². The number of anilines is 1. The van der Waals surface area contributed by atoms with E-state index in [4.69, 9.17) is 4.99 Å². The predicted octanol–water partition coefficient (Wildman–Crippen LogP) is 3.12. The van der Waals surface area contributed by atoms with Crippen LogP contribution in [0.25, 0.3) is 10.2 Å². The summed E-state index contributed by atoms with van der Waals surface area (Å²) in [5.74, 6) is 0. The molecule has 6 heteroatoms. The number of thiazole rings is 1. The Hall–Kier alpha value is -1.76. The van der Waals surface area contributed by atoms with Gasteiger partial charge in [-0.15, -0.1) is 0 Å². The highest BCUT2D eigenvalue weighted by molar-refractivity contribution is 8.00. The van der Waals surface area contributed by atoms with Gasteiger partial charge in [0, 0.05) is 18.5 Å². The van der Waals surface area contributed by atoms with E-state index < -0.39 is 0 Å². The summed E-state index contributed by atoms with van der Waals surface area (Å²) < 4.78 is 3.31. The molecular weight excluding hydrogens is 326 g/mol. The van der Waals surface area contributed by atoms with Gasteiger partial charge >= 0.3 is 0 Å². The first-order valence-corrected chi connectivity index (χ1v) is 9.19. The maximum Gasteiger partial charge on any atom is 0.188 e. The van der Waals surface area contributed by atoms with Gasteiger partial charge in [0.1, 0.15) is 0 Å². The first-order valence-electron chi connectivity index (χ1n) is 7.49. The fourth-order valence-corrected chi connectivity index (χ4v) is 5.09. The van der Waals surface area contributed by atoms with E-state index in [1.165, 1.54) is 15.3 Å². The zero-order chi connectivity index (χ0) is 15.8. The highest BCUT2D eigenvalue weighted by Crippen LogP contribution is 2.42. The van der Waals surface area contributed by atoms with E-state index in [9.17, 15) is 5.11 Å². The quantitative estimate of drug-likeness (QED) is 0.794. The molecule has 1 N–H and O–H groups in total. The summed E-state index contributed by atoms with van der Waals surface area (Å²) in [4.78, 5) is 9.39. The molecule has 4 rings (SSSR count). The molecule has 1 aromatic heterocycles. The average molecular weight is 343 g/mol. The number of hydrogen-bond donors (Lipinski definition) is 1. The second kappa shape index (κ2) is 6.03. The normalized spacial score (nSPS) is 17.9. The zero-order valence-electron chi connectivity index (χ0n) is 12.7. The Morgan fingerprint density at radius 2 is 1.91 bits per heavy atom. The van der Waals surface area contributed by atoms with Crippen LogP contribution in [0.2, 0.25) is 0 Å². The summed E-state index contributed by atoms with van der Waals surface area (Å²) in [5.41, 5.74) is 2.39. The van der Waals surface area contributed by atoms with Crippen molar-refractivity contribution >= 4 is 39.0 Å². The van der Waals surface area contributed by atoms with E-state index in [2.05, 4.69) is 52.9 Å². The summed E-state index contributed by atoms with van der Waals surface area (Å²) in [7, 11) is 2.08. The maximum atomic E-state index is 9.40. The van der Waals surface area contributed by atoms with Gasteiger partial charge in [0.25, 0.3) is 0 Å². The number of nitrogens with zero attached hydrogens (tertiary/aromatic N) is 3. The lowest BCUT2D eigenvalue weighted by Crippen LogP contribution is -2.27. The largest absolute Gasteiger partial charge is 0.395 e. The Labute approximate surface area is 142 Å². The first-order chi connectivity index (χ1) is 11.3. The predicted molar refractivity (Wildman–Crippen MR) is 97.0 cm³/mol. The Morgan fingerprint density at radius 3 is 2.74 bits per heavy atom. The van der Waals surface area contributed by atoms with E-state index in [1.54, 1.807) is 23.1 Å². The molecular formula is C17H17N3OS2. The van der Waals surface area contributed by atoms with Crippen LogP contribution in [0.3, 0.4) is 0 Å². The summed E-state index contributed by atoms with van der Waals surface area (Å²) in [6.07, 6.45) is 0. The van der Waals surface area contributed by atoms with E-state index >= 15 is 0 Å². The lowest BCUT2D eigenvalue weighted by molar-refractivity contribution is 0.276. The molecule has 0 radical (unpaired) electrons. The molecule has 0 saturated heterocycles. The zero-order valence-corrected chi connectivity index (χ0v) is 14.3. The molecule has 2 aromatic carbocycles. The number of aromatic nitrogens is 1. The van der Waals surface area contributed by atoms with Crippen LogP contribution in [0.4, 0.5) is 5.69 Å². The number of para-hydroxylation sites is 2. The third kappa shape index (κ3) is 2.56. The second-order valence-electron chi connectivity index (χ2n) is 5.38.